The first-order valence-electron chi connectivity index (χ1n) is 7.79. The molecule has 0 spiro atoms. The quantitative estimate of drug-likeness (QED) is 0.807. The molecule has 1 saturated heterocycles. The Bertz CT molecular complexity index is 613. The first-order valence-corrected chi connectivity index (χ1v) is 8.60. The van der Waals surface area contributed by atoms with Crippen molar-refractivity contribution in [3.63, 3.8) is 0 Å². The van der Waals surface area contributed by atoms with E-state index in [1.807, 2.05) is 7.05 Å². The molecule has 0 saturated carbocycles. The average molecular weight is 336 g/mol. The van der Waals surface area contributed by atoms with Crippen LogP contribution in [0, 0.1) is 5.82 Å². The van der Waals surface area contributed by atoms with Gasteiger partial charge in [0.05, 0.1) is 13.2 Å². The summed E-state index contributed by atoms with van der Waals surface area (Å²) < 4.78 is 18.3. The van der Waals surface area contributed by atoms with Crippen molar-refractivity contribution in [2.24, 2.45) is 0 Å². The molecule has 0 bridgehead atoms. The molecule has 1 aliphatic heterocycles. The Morgan fingerprint density at radius 1 is 1.22 bits per heavy atom. The summed E-state index contributed by atoms with van der Waals surface area (Å²) in [5.41, 5.74) is 1.05. The highest BCUT2D eigenvalue weighted by Crippen LogP contribution is 2.21. The average Bonchev–Trinajstić information content (AvgIpc) is 3.04. The van der Waals surface area contributed by atoms with E-state index in [0.29, 0.717) is 6.42 Å². The van der Waals surface area contributed by atoms with E-state index in [9.17, 15) is 4.39 Å². The van der Waals surface area contributed by atoms with Crippen molar-refractivity contribution in [1.29, 1.82) is 0 Å². The van der Waals surface area contributed by atoms with Crippen LogP contribution in [0.25, 0.3) is 0 Å². The molecule has 124 valence electrons. The number of likely N-dealkylation sites (N-methyl/N-ethyl adjacent to an activating group) is 1. The summed E-state index contributed by atoms with van der Waals surface area (Å²) in [5.74, 6) is -0.213. The van der Waals surface area contributed by atoms with Gasteiger partial charge in [0.25, 0.3) is 0 Å². The molecular formula is C16H21FN4OS. The largest absolute Gasteiger partial charge is 0.379 e. The van der Waals surface area contributed by atoms with Crippen LogP contribution in [-0.4, -0.2) is 61.5 Å². The second-order valence-corrected chi connectivity index (χ2v) is 6.70. The van der Waals surface area contributed by atoms with Crippen molar-refractivity contribution in [3.8, 4) is 0 Å². The lowest BCUT2D eigenvalue weighted by Crippen LogP contribution is -2.40. The van der Waals surface area contributed by atoms with Crippen LogP contribution in [0.1, 0.15) is 10.6 Å². The third-order valence-corrected chi connectivity index (χ3v) is 4.94. The van der Waals surface area contributed by atoms with Crippen LogP contribution in [0.2, 0.25) is 0 Å². The smallest absolute Gasteiger partial charge is 0.208 e. The van der Waals surface area contributed by atoms with Crippen LogP contribution in [0.15, 0.2) is 24.3 Å². The molecular weight excluding hydrogens is 315 g/mol. The highest BCUT2D eigenvalue weighted by molar-refractivity contribution is 7.15. The van der Waals surface area contributed by atoms with Gasteiger partial charge in [-0.3, -0.25) is 4.90 Å². The highest BCUT2D eigenvalue weighted by Gasteiger charge is 2.13. The molecule has 0 amide bonds. The van der Waals surface area contributed by atoms with Crippen LogP contribution >= 0.6 is 11.3 Å². The van der Waals surface area contributed by atoms with Crippen LogP contribution in [0.3, 0.4) is 0 Å². The van der Waals surface area contributed by atoms with Gasteiger partial charge >= 0.3 is 0 Å². The fourth-order valence-corrected chi connectivity index (χ4v) is 3.32. The molecule has 1 aromatic heterocycles. The van der Waals surface area contributed by atoms with Gasteiger partial charge in [0.15, 0.2) is 0 Å². The van der Waals surface area contributed by atoms with Crippen molar-refractivity contribution in [3.05, 3.63) is 40.7 Å². The van der Waals surface area contributed by atoms with Crippen LogP contribution in [0.4, 0.5) is 9.52 Å². The molecule has 7 heteroatoms. The molecule has 0 atom stereocenters. The summed E-state index contributed by atoms with van der Waals surface area (Å²) in [4.78, 5) is 4.54. The SMILES string of the molecule is CN(CCN1CCOCC1)c1nnc(Cc2ccc(F)cc2)s1. The molecule has 0 N–H and O–H groups in total. The lowest BCUT2D eigenvalue weighted by molar-refractivity contribution is 0.0393. The van der Waals surface area contributed by atoms with Gasteiger partial charge in [-0.15, -0.1) is 10.2 Å². The lowest BCUT2D eigenvalue weighted by atomic mass is 10.2. The molecule has 3 rings (SSSR count). The van der Waals surface area contributed by atoms with E-state index in [1.165, 1.54) is 12.1 Å². The molecule has 2 heterocycles. The Kier molecular flexibility index (Phi) is 5.53. The molecule has 1 aliphatic rings. The Balaban J connectivity index is 1.52. The van der Waals surface area contributed by atoms with Crippen molar-refractivity contribution in [2.75, 3.05) is 51.3 Å². The van der Waals surface area contributed by atoms with Gasteiger partial charge in [0.1, 0.15) is 10.8 Å². The van der Waals surface area contributed by atoms with Gasteiger partial charge < -0.3 is 9.64 Å². The first kappa shape index (κ1) is 16.3. The summed E-state index contributed by atoms with van der Waals surface area (Å²) in [6, 6.07) is 6.54. The van der Waals surface area contributed by atoms with Crippen molar-refractivity contribution >= 4 is 16.5 Å². The fourth-order valence-electron chi connectivity index (χ4n) is 2.46. The second kappa shape index (κ2) is 7.81. The third kappa shape index (κ3) is 4.70. The summed E-state index contributed by atoms with van der Waals surface area (Å²) in [6.07, 6.45) is 0.690. The molecule has 23 heavy (non-hydrogen) atoms. The lowest BCUT2D eigenvalue weighted by Gasteiger charge is -2.28. The van der Waals surface area contributed by atoms with Gasteiger partial charge in [0.2, 0.25) is 5.13 Å². The van der Waals surface area contributed by atoms with Gasteiger partial charge in [0, 0.05) is 39.6 Å². The van der Waals surface area contributed by atoms with E-state index >= 15 is 0 Å². The van der Waals surface area contributed by atoms with E-state index in [4.69, 9.17) is 4.74 Å². The molecule has 5 nitrogen and oxygen atoms in total. The number of anilines is 1. The standard InChI is InChI=1S/C16H21FN4OS/c1-20(6-7-21-8-10-22-11-9-21)16-19-18-15(23-16)12-13-2-4-14(17)5-3-13/h2-5H,6-12H2,1H3. The maximum absolute atomic E-state index is 12.9. The topological polar surface area (TPSA) is 41.5 Å². The summed E-state index contributed by atoms with van der Waals surface area (Å²) in [5, 5.41) is 10.4. The van der Waals surface area contributed by atoms with Crippen LogP contribution in [-0.2, 0) is 11.2 Å². The van der Waals surface area contributed by atoms with Gasteiger partial charge in [-0.25, -0.2) is 4.39 Å². The third-order valence-electron chi connectivity index (χ3n) is 3.91. The predicted octanol–water partition coefficient (Wildman–Crippen LogP) is 2.04. The fraction of sp³-hybridized carbons (Fsp3) is 0.500. The van der Waals surface area contributed by atoms with E-state index in [1.54, 1.807) is 23.5 Å². The molecule has 0 unspecified atom stereocenters. The Morgan fingerprint density at radius 2 is 1.96 bits per heavy atom. The number of hydrogen-bond acceptors (Lipinski definition) is 6. The zero-order chi connectivity index (χ0) is 16.1. The van der Waals surface area contributed by atoms with Crippen molar-refractivity contribution in [2.45, 2.75) is 6.42 Å². The van der Waals surface area contributed by atoms with Crippen LogP contribution in [0.5, 0.6) is 0 Å². The number of benzene rings is 1. The second-order valence-electron chi connectivity index (χ2n) is 5.66. The molecule has 1 aromatic carbocycles. The summed E-state index contributed by atoms with van der Waals surface area (Å²) in [7, 11) is 2.04. The number of halogens is 1. The maximum atomic E-state index is 12.9. The first-order chi connectivity index (χ1) is 11.2. The Hall–Kier alpha value is -1.57. The molecule has 0 radical (unpaired) electrons. The number of hydrogen-bond donors (Lipinski definition) is 0. The minimum atomic E-state index is -0.213. The van der Waals surface area contributed by atoms with Gasteiger partial charge in [-0.2, -0.15) is 0 Å². The Labute approximate surface area is 139 Å². The summed E-state index contributed by atoms with van der Waals surface area (Å²) >= 11 is 1.59. The van der Waals surface area contributed by atoms with E-state index in [2.05, 4.69) is 20.0 Å². The molecule has 2 aromatic rings. The zero-order valence-corrected chi connectivity index (χ0v) is 14.1. The minimum absolute atomic E-state index is 0.213. The van der Waals surface area contributed by atoms with Gasteiger partial charge in [-0.1, -0.05) is 23.5 Å². The number of rotatable bonds is 6. The molecule has 1 fully saturated rings. The summed E-state index contributed by atoms with van der Waals surface area (Å²) in [6.45, 7) is 5.58. The van der Waals surface area contributed by atoms with Crippen molar-refractivity contribution < 1.29 is 9.13 Å². The van der Waals surface area contributed by atoms with Crippen molar-refractivity contribution in [1.82, 2.24) is 15.1 Å². The number of morpholine rings is 1. The maximum Gasteiger partial charge on any atom is 0.208 e. The normalized spacial score (nSPS) is 15.7. The monoisotopic (exact) mass is 336 g/mol. The van der Waals surface area contributed by atoms with Gasteiger partial charge in [-0.05, 0) is 17.7 Å². The number of nitrogens with zero attached hydrogens (tertiary/aromatic N) is 4. The van der Waals surface area contributed by atoms with E-state index < -0.39 is 0 Å². The predicted molar refractivity (Wildman–Crippen MR) is 89.6 cm³/mol. The highest BCUT2D eigenvalue weighted by atomic mass is 32.1. The van der Waals surface area contributed by atoms with Crippen LogP contribution < -0.4 is 4.90 Å². The number of ether oxygens (including phenoxy) is 1. The number of aromatic nitrogens is 2. The molecule has 0 aliphatic carbocycles. The minimum Gasteiger partial charge on any atom is -0.379 e. The van der Waals surface area contributed by atoms with E-state index in [-0.39, 0.29) is 5.82 Å². The zero-order valence-electron chi connectivity index (χ0n) is 13.2. The van der Waals surface area contributed by atoms with E-state index in [0.717, 1.165) is 55.1 Å². The Morgan fingerprint density at radius 3 is 2.70 bits per heavy atom.